The van der Waals surface area contributed by atoms with Crippen LogP contribution in [0.25, 0.3) is 0 Å². The first-order valence-corrected chi connectivity index (χ1v) is 7.67. The number of hydrogen-bond donors (Lipinski definition) is 1. The molecule has 1 atom stereocenters. The van der Waals surface area contributed by atoms with Crippen molar-refractivity contribution in [1.29, 1.82) is 0 Å². The highest BCUT2D eigenvalue weighted by Crippen LogP contribution is 2.33. The number of benzene rings is 1. The molecule has 3 nitrogen and oxygen atoms in total. The van der Waals surface area contributed by atoms with Crippen molar-refractivity contribution in [3.05, 3.63) is 29.3 Å². The fourth-order valence-electron chi connectivity index (χ4n) is 1.80. The van der Waals surface area contributed by atoms with Gasteiger partial charge in [-0.1, -0.05) is 6.07 Å². The number of hydrogen-bond acceptors (Lipinski definition) is 3. The Kier molecular flexibility index (Phi) is 4.50. The second kappa shape index (κ2) is 5.40. The normalized spacial score (nSPS) is 14.2. The van der Waals surface area contributed by atoms with E-state index in [0.29, 0.717) is 0 Å². The van der Waals surface area contributed by atoms with Gasteiger partial charge in [-0.3, -0.25) is 0 Å². The smallest absolute Gasteiger partial charge is 0.382 e. The summed E-state index contributed by atoms with van der Waals surface area (Å²) in [6.07, 6.45) is -3.33. The molecule has 0 aliphatic carbocycles. The maximum absolute atomic E-state index is 12.7. The molecule has 0 aliphatic rings. The lowest BCUT2D eigenvalue weighted by Crippen LogP contribution is -2.25. The zero-order valence-corrected chi connectivity index (χ0v) is 11.7. The Labute approximate surface area is 110 Å². The summed E-state index contributed by atoms with van der Waals surface area (Å²) < 4.78 is 60.3. The molecule has 0 aliphatic heterocycles. The lowest BCUT2D eigenvalue weighted by Gasteiger charge is -2.17. The summed E-state index contributed by atoms with van der Waals surface area (Å²) >= 11 is 0. The van der Waals surface area contributed by atoms with E-state index in [9.17, 15) is 21.6 Å². The van der Waals surface area contributed by atoms with Gasteiger partial charge in [0.1, 0.15) is 9.84 Å². The highest BCUT2D eigenvalue weighted by molar-refractivity contribution is 7.90. The van der Waals surface area contributed by atoms with Crippen molar-refractivity contribution in [2.24, 2.45) is 0 Å². The summed E-state index contributed by atoms with van der Waals surface area (Å²) in [7, 11) is -3.17. The lowest BCUT2D eigenvalue weighted by atomic mass is 10.1. The molecule has 1 N–H and O–H groups in total. The van der Waals surface area contributed by atoms with E-state index in [1.165, 1.54) is 19.1 Å². The maximum atomic E-state index is 12.7. The van der Waals surface area contributed by atoms with Crippen molar-refractivity contribution < 1.29 is 21.6 Å². The van der Waals surface area contributed by atoms with Gasteiger partial charge in [0, 0.05) is 18.0 Å². The number of alkyl halides is 3. The summed E-state index contributed by atoms with van der Waals surface area (Å²) in [5, 5.41) is 2.76. The zero-order valence-electron chi connectivity index (χ0n) is 10.9. The van der Waals surface area contributed by atoms with Gasteiger partial charge in [0.15, 0.2) is 0 Å². The maximum Gasteiger partial charge on any atom is 0.416 e. The van der Waals surface area contributed by atoms with Gasteiger partial charge in [0.2, 0.25) is 0 Å². The molecule has 19 heavy (non-hydrogen) atoms. The predicted molar refractivity (Wildman–Crippen MR) is 69.0 cm³/mol. The average Bonchev–Trinajstić information content (AvgIpc) is 2.16. The van der Waals surface area contributed by atoms with Crippen LogP contribution in [-0.2, 0) is 16.0 Å². The molecule has 0 bridgehead atoms. The van der Waals surface area contributed by atoms with Crippen LogP contribution in [0, 0.1) is 6.92 Å². The first-order valence-electron chi connectivity index (χ1n) is 5.61. The minimum atomic E-state index is -4.41. The van der Waals surface area contributed by atoms with Gasteiger partial charge >= 0.3 is 6.18 Å². The molecule has 1 aromatic rings. The Balaban J connectivity index is 2.92. The van der Waals surface area contributed by atoms with E-state index in [2.05, 4.69) is 5.32 Å². The Morgan fingerprint density at radius 2 is 1.89 bits per heavy atom. The molecule has 1 rings (SSSR count). The van der Waals surface area contributed by atoms with Crippen LogP contribution in [0.4, 0.5) is 18.9 Å². The van der Waals surface area contributed by atoms with E-state index >= 15 is 0 Å². The molecule has 0 heterocycles. The molecule has 1 aromatic carbocycles. The molecule has 0 aromatic heterocycles. The molecule has 0 fully saturated rings. The van der Waals surface area contributed by atoms with Gasteiger partial charge in [-0.25, -0.2) is 8.42 Å². The van der Waals surface area contributed by atoms with Crippen molar-refractivity contribution in [3.63, 3.8) is 0 Å². The monoisotopic (exact) mass is 295 g/mol. The third kappa shape index (κ3) is 5.10. The summed E-state index contributed by atoms with van der Waals surface area (Å²) in [6.45, 7) is 2.99. The predicted octanol–water partition coefficient (Wildman–Crippen LogP) is 2.86. The highest BCUT2D eigenvalue weighted by atomic mass is 32.2. The quantitative estimate of drug-likeness (QED) is 0.929. The van der Waals surface area contributed by atoms with Crippen molar-refractivity contribution >= 4 is 15.5 Å². The third-order valence-electron chi connectivity index (χ3n) is 2.51. The van der Waals surface area contributed by atoms with Crippen molar-refractivity contribution in [2.75, 3.05) is 17.3 Å². The van der Waals surface area contributed by atoms with Crippen LogP contribution in [0.15, 0.2) is 18.2 Å². The zero-order chi connectivity index (χ0) is 14.8. The minimum Gasteiger partial charge on any atom is -0.382 e. The summed E-state index contributed by atoms with van der Waals surface area (Å²) in [6, 6.07) is 3.40. The lowest BCUT2D eigenvalue weighted by molar-refractivity contribution is -0.138. The molecule has 0 radical (unpaired) electrons. The summed E-state index contributed by atoms with van der Waals surface area (Å²) in [5.74, 6) is -0.137. The Bertz CT molecular complexity index is 553. The number of halogens is 3. The van der Waals surface area contributed by atoms with Gasteiger partial charge in [-0.15, -0.1) is 0 Å². The van der Waals surface area contributed by atoms with Gasteiger partial charge in [-0.05, 0) is 31.5 Å². The van der Waals surface area contributed by atoms with E-state index < -0.39 is 27.6 Å². The largest absolute Gasteiger partial charge is 0.416 e. The molecule has 0 amide bonds. The Morgan fingerprint density at radius 1 is 1.32 bits per heavy atom. The van der Waals surface area contributed by atoms with Crippen LogP contribution < -0.4 is 5.32 Å². The first kappa shape index (κ1) is 15.8. The van der Waals surface area contributed by atoms with Crippen LogP contribution in [0.1, 0.15) is 18.1 Å². The van der Waals surface area contributed by atoms with Gasteiger partial charge in [0.05, 0.1) is 11.3 Å². The van der Waals surface area contributed by atoms with Crippen molar-refractivity contribution in [3.8, 4) is 0 Å². The fourth-order valence-corrected chi connectivity index (χ4v) is 2.79. The van der Waals surface area contributed by atoms with Crippen LogP contribution in [0.3, 0.4) is 0 Å². The highest BCUT2D eigenvalue weighted by Gasteiger charge is 2.32. The van der Waals surface area contributed by atoms with Crippen LogP contribution in [-0.4, -0.2) is 26.5 Å². The van der Waals surface area contributed by atoms with Gasteiger partial charge in [0.25, 0.3) is 0 Å². The third-order valence-corrected chi connectivity index (χ3v) is 3.61. The second-order valence-corrected chi connectivity index (χ2v) is 6.85. The number of sulfone groups is 1. The van der Waals surface area contributed by atoms with E-state index in [0.717, 1.165) is 12.3 Å². The van der Waals surface area contributed by atoms with Gasteiger partial charge < -0.3 is 5.32 Å². The summed E-state index contributed by atoms with van der Waals surface area (Å²) in [4.78, 5) is 0. The number of rotatable bonds is 4. The Hall–Kier alpha value is -1.24. The average molecular weight is 295 g/mol. The van der Waals surface area contributed by atoms with Crippen LogP contribution in [0.5, 0.6) is 0 Å². The standard InChI is InChI=1S/C12H16F3NO2S/c1-8-4-5-10(6-11(8)12(13,14)15)16-9(2)7-19(3,17)18/h4-6,9,16H,7H2,1-3H3. The van der Waals surface area contributed by atoms with E-state index in [4.69, 9.17) is 0 Å². The molecule has 108 valence electrons. The summed E-state index contributed by atoms with van der Waals surface area (Å²) in [5.41, 5.74) is -0.327. The number of anilines is 1. The molecular formula is C12H16F3NO2S. The van der Waals surface area contributed by atoms with Crippen molar-refractivity contribution in [2.45, 2.75) is 26.1 Å². The minimum absolute atomic E-state index is 0.133. The molecular weight excluding hydrogens is 279 g/mol. The molecule has 0 saturated heterocycles. The SMILES string of the molecule is Cc1ccc(NC(C)CS(C)(=O)=O)cc1C(F)(F)F. The van der Waals surface area contributed by atoms with Crippen molar-refractivity contribution in [1.82, 2.24) is 0 Å². The molecule has 0 saturated carbocycles. The topological polar surface area (TPSA) is 46.2 Å². The van der Waals surface area contributed by atoms with E-state index in [1.54, 1.807) is 6.92 Å². The molecule has 1 unspecified atom stereocenters. The molecule has 0 spiro atoms. The second-order valence-electron chi connectivity index (χ2n) is 4.67. The number of aryl methyl sites for hydroxylation is 1. The van der Waals surface area contributed by atoms with Gasteiger partial charge in [-0.2, -0.15) is 13.2 Å². The van der Waals surface area contributed by atoms with Crippen LogP contribution in [0.2, 0.25) is 0 Å². The molecule has 7 heteroatoms. The Morgan fingerprint density at radius 3 is 2.37 bits per heavy atom. The van der Waals surface area contributed by atoms with E-state index in [1.807, 2.05) is 0 Å². The van der Waals surface area contributed by atoms with E-state index in [-0.39, 0.29) is 17.0 Å². The van der Waals surface area contributed by atoms with Crippen LogP contribution >= 0.6 is 0 Å². The number of nitrogens with one attached hydrogen (secondary N) is 1. The first-order chi connectivity index (χ1) is 8.49. The fraction of sp³-hybridized carbons (Fsp3) is 0.500.